The topological polar surface area (TPSA) is 236 Å². The molecule has 93 heavy (non-hydrogen) atoms. The number of carbonyl (C=O) groups is 4. The Hall–Kier alpha value is -8.66. The maximum Gasteiger partial charge on any atom is 0.345 e. The summed E-state index contributed by atoms with van der Waals surface area (Å²) in [4.78, 5) is 109. The number of piperazine rings is 2. The van der Waals surface area contributed by atoms with Crippen molar-refractivity contribution in [3.63, 3.8) is 0 Å². The van der Waals surface area contributed by atoms with Gasteiger partial charge >= 0.3 is 12.1 Å². The van der Waals surface area contributed by atoms with Crippen molar-refractivity contribution >= 4 is 70.4 Å². The zero-order valence-corrected chi connectivity index (χ0v) is 54.0. The number of nitrogens with zero attached hydrogens (tertiary/aromatic N) is 17. The molecule has 0 saturated carbocycles. The van der Waals surface area contributed by atoms with E-state index in [2.05, 4.69) is 64.1 Å². The van der Waals surface area contributed by atoms with Crippen LogP contribution in [0.15, 0.2) is 97.1 Å². The van der Waals surface area contributed by atoms with Gasteiger partial charge in [0.25, 0.3) is 11.8 Å². The van der Waals surface area contributed by atoms with E-state index >= 15 is 9.59 Å². The Morgan fingerprint density at radius 3 is 1.19 bits per heavy atom. The van der Waals surface area contributed by atoms with E-state index in [0.29, 0.717) is 172 Å². The van der Waals surface area contributed by atoms with Gasteiger partial charge in [0.2, 0.25) is 23.8 Å². The average molecular weight is 1270 g/mol. The number of ether oxygens (including phenoxy) is 2. The van der Waals surface area contributed by atoms with E-state index < -0.39 is 12.1 Å². The summed E-state index contributed by atoms with van der Waals surface area (Å²) >= 11 is 0. The van der Waals surface area contributed by atoms with E-state index in [1.165, 1.54) is 10.0 Å². The van der Waals surface area contributed by atoms with Crippen LogP contribution in [0.4, 0.5) is 56.1 Å². The number of aromatic nitrogens is 6. The van der Waals surface area contributed by atoms with Crippen molar-refractivity contribution in [3.8, 4) is 22.8 Å². The first-order valence-corrected chi connectivity index (χ1v) is 33.3. The Labute approximate surface area is 544 Å². The fourth-order valence-corrected chi connectivity index (χ4v) is 12.6. The molecule has 6 fully saturated rings. The van der Waals surface area contributed by atoms with E-state index in [0.717, 1.165) is 104 Å². The van der Waals surface area contributed by atoms with Crippen LogP contribution in [-0.2, 0) is 9.47 Å². The van der Waals surface area contributed by atoms with Crippen LogP contribution in [0, 0.1) is 0 Å². The van der Waals surface area contributed by atoms with Crippen LogP contribution in [0.2, 0.25) is 0 Å². The molecule has 0 unspecified atom stereocenters. The van der Waals surface area contributed by atoms with Gasteiger partial charge in [0.05, 0.1) is 37.8 Å². The number of amides is 6. The fourth-order valence-electron chi connectivity index (χ4n) is 12.6. The number of hydrogen-bond acceptors (Lipinski definition) is 20. The van der Waals surface area contributed by atoms with E-state index in [-0.39, 0.29) is 11.8 Å². The number of benzene rings is 4. The van der Waals surface area contributed by atoms with Gasteiger partial charge in [-0.3, -0.25) is 9.59 Å². The first-order valence-electron chi connectivity index (χ1n) is 33.3. The van der Waals surface area contributed by atoms with Crippen LogP contribution in [-0.4, -0.2) is 256 Å². The second-order valence-corrected chi connectivity index (χ2v) is 24.5. The van der Waals surface area contributed by atoms with Crippen LogP contribution in [0.3, 0.4) is 0 Å². The third-order valence-corrected chi connectivity index (χ3v) is 17.9. The highest BCUT2D eigenvalue weighted by atomic mass is 16.5. The lowest BCUT2D eigenvalue weighted by Crippen LogP contribution is -2.54. The van der Waals surface area contributed by atoms with Gasteiger partial charge in [-0.2, -0.15) is 39.9 Å². The summed E-state index contributed by atoms with van der Waals surface area (Å²) in [6.45, 7) is 23.5. The van der Waals surface area contributed by atoms with Crippen molar-refractivity contribution in [2.75, 3.05) is 218 Å². The molecule has 12 rings (SSSR count). The largest absolute Gasteiger partial charge is 0.378 e. The highest BCUT2D eigenvalue weighted by Gasteiger charge is 2.33. The number of hydrazine groups is 1. The number of anilines is 8. The zero-order chi connectivity index (χ0) is 64.0. The Bertz CT molecular complexity index is 3470. The Morgan fingerprint density at radius 2 is 0.806 bits per heavy atom. The van der Waals surface area contributed by atoms with Gasteiger partial charge in [-0.05, 0) is 156 Å². The van der Waals surface area contributed by atoms with Crippen LogP contribution < -0.4 is 45.6 Å². The third-order valence-electron chi connectivity index (χ3n) is 17.9. The number of nitrogens with one attached hydrogen (secondary N) is 3. The van der Waals surface area contributed by atoms with Gasteiger partial charge in [0.1, 0.15) is 0 Å². The van der Waals surface area contributed by atoms with E-state index in [4.69, 9.17) is 39.4 Å². The summed E-state index contributed by atoms with van der Waals surface area (Å²) in [5.74, 6) is 3.05. The molecule has 0 radical (unpaired) electrons. The molecule has 3 N–H and O–H groups in total. The molecule has 2 aromatic heterocycles. The SMILES string of the molecule is CCCN1CCCN(c2nc(-c3ccc(N(C(=O)Nc4ccc(C(=O)N5CCNCC5)cc4)N(C(=O)Nc4ccc(C(=O)N5CCN(C)CC5)cc4)c4ccc(-c5nc(N6CCOCC6)nc(N6CCCN(CCC)CC6)n5)cc4)cc3)nc(N3CCOCC3)n2)CC1. The minimum absolute atomic E-state index is 0.0889. The fraction of sp³-hybridized carbons (Fsp3) is 0.493. The van der Waals surface area contributed by atoms with Crippen molar-refractivity contribution in [1.29, 1.82) is 0 Å². The maximum absolute atomic E-state index is 15.6. The summed E-state index contributed by atoms with van der Waals surface area (Å²) < 4.78 is 11.5. The summed E-state index contributed by atoms with van der Waals surface area (Å²) in [6, 6.07) is 26.7. The van der Waals surface area contributed by atoms with Gasteiger partial charge in [-0.25, -0.2) is 9.59 Å². The first kappa shape index (κ1) is 64.4. The first-order chi connectivity index (χ1) is 45.5. The van der Waals surface area contributed by atoms with Crippen LogP contribution in [0.5, 0.6) is 0 Å². The normalized spacial score (nSPS) is 18.2. The smallest absolute Gasteiger partial charge is 0.345 e. The molecule has 0 bridgehead atoms. The summed E-state index contributed by atoms with van der Waals surface area (Å²) in [6.07, 6.45) is 4.11. The van der Waals surface area contributed by atoms with Crippen molar-refractivity contribution in [2.24, 2.45) is 0 Å². The summed E-state index contributed by atoms with van der Waals surface area (Å²) in [7, 11) is 2.05. The maximum atomic E-state index is 15.6. The van der Waals surface area contributed by atoms with Crippen molar-refractivity contribution < 1.29 is 28.7 Å². The molecule has 492 valence electrons. The standard InChI is InChI=1S/C67H88N20O6/c1-4-26-78-28-6-30-82(40-36-78)62-71-58(73-64(75-62)84-42-46-92-47-43-84)50-12-20-56(21-13-50)86(66(90)69-54-16-8-52(9-17-54)60(88)80-32-24-68-25-33-80)87(67(91)70-55-18-10-53(11-19-55)61(89)81-38-34-77(3)35-39-81)57-22-14-51(15-23-57)59-72-63(76-65(74-59)85-44-48-93-49-45-85)83-31-7-29-79(27-5-2)37-41-83/h8-23,68H,4-7,24-49H2,1-3H3,(H,69,90)(H,70,91). The molecule has 6 aliphatic heterocycles. The predicted octanol–water partition coefficient (Wildman–Crippen LogP) is 6.03. The lowest BCUT2D eigenvalue weighted by molar-refractivity contribution is 0.0663. The molecular formula is C67H88N20O6. The number of likely N-dealkylation sites (N-methyl/N-ethyl adjacent to an activating group) is 1. The average Bonchev–Trinajstić information content (AvgIpc) is 1.64. The number of rotatable bonds is 16. The molecule has 6 saturated heterocycles. The van der Waals surface area contributed by atoms with Gasteiger partial charge in [0, 0.05) is 151 Å². The van der Waals surface area contributed by atoms with Crippen molar-refractivity contribution in [3.05, 3.63) is 108 Å². The zero-order valence-electron chi connectivity index (χ0n) is 54.0. The lowest BCUT2D eigenvalue weighted by Gasteiger charge is -2.35. The second kappa shape index (κ2) is 30.8. The Morgan fingerprint density at radius 1 is 0.430 bits per heavy atom. The number of morpholine rings is 2. The van der Waals surface area contributed by atoms with Gasteiger partial charge in [-0.15, -0.1) is 0 Å². The molecule has 8 heterocycles. The number of carbonyl (C=O) groups excluding carboxylic acids is 4. The van der Waals surface area contributed by atoms with Crippen LogP contribution in [0.1, 0.15) is 60.2 Å². The molecule has 26 nitrogen and oxygen atoms in total. The number of hydrogen-bond donors (Lipinski definition) is 3. The molecule has 0 spiro atoms. The molecule has 6 aliphatic rings. The van der Waals surface area contributed by atoms with Crippen LogP contribution >= 0.6 is 0 Å². The summed E-state index contributed by atoms with van der Waals surface area (Å²) in [5, 5.41) is 12.0. The minimum atomic E-state index is -0.696. The van der Waals surface area contributed by atoms with Gasteiger partial charge in [0.15, 0.2) is 11.6 Å². The molecule has 26 heteroatoms. The molecular weight excluding hydrogens is 1180 g/mol. The number of urea groups is 2. The van der Waals surface area contributed by atoms with Crippen molar-refractivity contribution in [1.82, 2.24) is 59.7 Å². The van der Waals surface area contributed by atoms with Gasteiger partial charge < -0.3 is 69.5 Å². The quantitative estimate of drug-likeness (QED) is 0.0938. The molecule has 6 aromatic rings. The monoisotopic (exact) mass is 1270 g/mol. The highest BCUT2D eigenvalue weighted by molar-refractivity contribution is 6.13. The Balaban J connectivity index is 0.925. The third kappa shape index (κ3) is 16.1. The molecule has 4 aromatic carbocycles. The summed E-state index contributed by atoms with van der Waals surface area (Å²) in [5.41, 5.74) is 3.72. The van der Waals surface area contributed by atoms with Crippen molar-refractivity contribution in [2.45, 2.75) is 39.5 Å². The van der Waals surface area contributed by atoms with E-state index in [9.17, 15) is 9.59 Å². The van der Waals surface area contributed by atoms with E-state index in [1.54, 1.807) is 72.8 Å². The van der Waals surface area contributed by atoms with Crippen LogP contribution in [0.25, 0.3) is 22.8 Å². The molecule has 0 atom stereocenters. The molecule has 6 amide bonds. The predicted molar refractivity (Wildman–Crippen MR) is 362 cm³/mol. The highest BCUT2D eigenvalue weighted by Crippen LogP contribution is 2.32. The lowest BCUT2D eigenvalue weighted by atomic mass is 10.1. The van der Waals surface area contributed by atoms with E-state index in [1.807, 2.05) is 41.1 Å². The Kier molecular flexibility index (Phi) is 21.4. The minimum Gasteiger partial charge on any atom is -0.378 e. The van der Waals surface area contributed by atoms with Gasteiger partial charge in [-0.1, -0.05) is 13.8 Å². The second-order valence-electron chi connectivity index (χ2n) is 24.5. The molecule has 0 aliphatic carbocycles.